The van der Waals surface area contributed by atoms with Crippen LogP contribution in [0.25, 0.3) is 0 Å². The van der Waals surface area contributed by atoms with E-state index in [2.05, 4.69) is 11.3 Å². The molecule has 0 amide bonds. The fraction of sp³-hybridized carbons (Fsp3) is 0.600. The quantitative estimate of drug-likeness (QED) is 0.511. The lowest BCUT2D eigenvalue weighted by Crippen LogP contribution is -2.33. The van der Waals surface area contributed by atoms with Crippen LogP contribution in [0.4, 0.5) is 0 Å². The largest absolute Gasteiger partial charge is 0.457 e. The lowest BCUT2D eigenvalue weighted by Gasteiger charge is -2.22. The van der Waals surface area contributed by atoms with E-state index in [4.69, 9.17) is 4.74 Å². The van der Waals surface area contributed by atoms with Crippen LogP contribution in [0.2, 0.25) is 0 Å². The molecule has 1 unspecified atom stereocenters. The third-order valence-electron chi connectivity index (χ3n) is 1.15. The fourth-order valence-corrected chi connectivity index (χ4v) is 0.731. The van der Waals surface area contributed by atoms with Crippen molar-refractivity contribution in [1.29, 1.82) is 0 Å². The van der Waals surface area contributed by atoms with Crippen LogP contribution in [-0.2, 0) is 19.1 Å². The van der Waals surface area contributed by atoms with Crippen molar-refractivity contribution < 1.29 is 19.1 Å². The van der Waals surface area contributed by atoms with E-state index in [-0.39, 0.29) is 0 Å². The molecule has 0 aliphatic carbocycles. The van der Waals surface area contributed by atoms with E-state index in [0.29, 0.717) is 0 Å². The minimum absolute atomic E-state index is 0.541. The van der Waals surface area contributed by atoms with Crippen LogP contribution < -0.4 is 0 Å². The van der Waals surface area contributed by atoms with Gasteiger partial charge in [-0.3, -0.25) is 4.79 Å². The van der Waals surface area contributed by atoms with Crippen LogP contribution in [0.3, 0.4) is 0 Å². The highest BCUT2D eigenvalue weighted by atomic mass is 16.6. The number of ether oxygens (including phenoxy) is 2. The molecular formula is C10H16O4. The summed E-state index contributed by atoms with van der Waals surface area (Å²) >= 11 is 0. The summed E-state index contributed by atoms with van der Waals surface area (Å²) in [7, 11) is 0. The van der Waals surface area contributed by atoms with Crippen LogP contribution in [0.1, 0.15) is 27.7 Å². The molecule has 0 aliphatic rings. The van der Waals surface area contributed by atoms with Crippen LogP contribution in [0.5, 0.6) is 0 Å². The maximum atomic E-state index is 11.4. The Hall–Kier alpha value is -1.32. The number of hydrogen-bond acceptors (Lipinski definition) is 4. The van der Waals surface area contributed by atoms with Gasteiger partial charge in [-0.15, -0.1) is 0 Å². The first-order valence-electron chi connectivity index (χ1n) is 4.29. The lowest BCUT2D eigenvalue weighted by atomic mass is 10.2. The van der Waals surface area contributed by atoms with Gasteiger partial charge in [0, 0.05) is 6.92 Å². The van der Waals surface area contributed by atoms with Gasteiger partial charge in [0.05, 0.1) is 0 Å². The molecular weight excluding hydrogens is 184 g/mol. The molecule has 0 aromatic carbocycles. The maximum Gasteiger partial charge on any atom is 0.352 e. The molecule has 0 bridgehead atoms. The highest BCUT2D eigenvalue weighted by Crippen LogP contribution is 2.10. The van der Waals surface area contributed by atoms with E-state index >= 15 is 0 Å². The third kappa shape index (κ3) is 5.35. The molecule has 0 saturated carbocycles. The van der Waals surface area contributed by atoms with Crippen molar-refractivity contribution in [2.75, 3.05) is 0 Å². The average molecular weight is 200 g/mol. The van der Waals surface area contributed by atoms with Gasteiger partial charge in [0.1, 0.15) is 5.60 Å². The molecule has 0 N–H and O–H groups in total. The maximum absolute atomic E-state index is 11.4. The Kier molecular flexibility index (Phi) is 4.34. The molecule has 80 valence electrons. The number of carbonyl (C=O) groups excluding carboxylic acids is 2. The summed E-state index contributed by atoms with van der Waals surface area (Å²) < 4.78 is 9.68. The molecule has 0 rings (SSSR count). The second-order valence-electron chi connectivity index (χ2n) is 3.80. The zero-order chi connectivity index (χ0) is 11.4. The van der Waals surface area contributed by atoms with Crippen molar-refractivity contribution in [3.8, 4) is 0 Å². The van der Waals surface area contributed by atoms with Gasteiger partial charge < -0.3 is 9.47 Å². The van der Waals surface area contributed by atoms with Crippen molar-refractivity contribution in [2.45, 2.75) is 39.4 Å². The number of esters is 2. The Bertz CT molecular complexity index is 237. The first-order chi connectivity index (χ1) is 6.26. The zero-order valence-electron chi connectivity index (χ0n) is 8.99. The zero-order valence-corrected chi connectivity index (χ0v) is 8.99. The molecule has 0 heterocycles. The monoisotopic (exact) mass is 200 g/mol. The van der Waals surface area contributed by atoms with Gasteiger partial charge in [0.15, 0.2) is 0 Å². The Balaban J connectivity index is 4.33. The summed E-state index contributed by atoms with van der Waals surface area (Å²) in [6.07, 6.45) is 0.210. The number of carbonyl (C=O) groups is 2. The van der Waals surface area contributed by atoms with E-state index in [0.717, 1.165) is 0 Å². The van der Waals surface area contributed by atoms with Crippen LogP contribution >= 0.6 is 0 Å². The van der Waals surface area contributed by atoms with Crippen molar-refractivity contribution in [3.05, 3.63) is 12.7 Å². The van der Waals surface area contributed by atoms with Crippen molar-refractivity contribution >= 4 is 11.9 Å². The molecule has 4 nitrogen and oxygen atoms in total. The Morgan fingerprint density at radius 1 is 1.36 bits per heavy atom. The van der Waals surface area contributed by atoms with Gasteiger partial charge in [0.25, 0.3) is 0 Å². The number of hydrogen-bond donors (Lipinski definition) is 0. The Morgan fingerprint density at radius 3 is 2.14 bits per heavy atom. The van der Waals surface area contributed by atoms with E-state index < -0.39 is 23.6 Å². The second-order valence-corrected chi connectivity index (χ2v) is 3.80. The van der Waals surface area contributed by atoms with Gasteiger partial charge in [-0.25, -0.2) is 4.79 Å². The van der Waals surface area contributed by atoms with Gasteiger partial charge >= 0.3 is 11.9 Å². The van der Waals surface area contributed by atoms with Crippen molar-refractivity contribution in [1.82, 2.24) is 0 Å². The molecule has 14 heavy (non-hydrogen) atoms. The number of rotatable bonds is 3. The molecule has 0 fully saturated rings. The minimum Gasteiger partial charge on any atom is -0.457 e. The van der Waals surface area contributed by atoms with E-state index in [1.54, 1.807) is 20.8 Å². The second kappa shape index (κ2) is 4.79. The predicted molar refractivity (Wildman–Crippen MR) is 51.6 cm³/mol. The van der Waals surface area contributed by atoms with Crippen molar-refractivity contribution in [2.24, 2.45) is 0 Å². The molecule has 0 spiro atoms. The summed E-state index contributed by atoms with van der Waals surface area (Å²) in [5, 5.41) is 0. The molecule has 0 aromatic heterocycles. The lowest BCUT2D eigenvalue weighted by molar-refractivity contribution is -0.171. The van der Waals surface area contributed by atoms with Gasteiger partial charge in [-0.05, 0) is 26.8 Å². The highest BCUT2D eigenvalue weighted by Gasteiger charge is 2.24. The predicted octanol–water partition coefficient (Wildman–Crippen LogP) is 1.45. The molecule has 0 aromatic rings. The van der Waals surface area contributed by atoms with E-state index in [1.165, 1.54) is 13.0 Å². The standard InChI is InChI=1S/C10H16O4/c1-6-8(13-7(2)11)9(12)14-10(3,4)5/h6,8H,1H2,2-5H3. The summed E-state index contributed by atoms with van der Waals surface area (Å²) in [6.45, 7) is 9.81. The summed E-state index contributed by atoms with van der Waals surface area (Å²) in [4.78, 5) is 22.0. The average Bonchev–Trinajstić information content (AvgIpc) is 1.96. The van der Waals surface area contributed by atoms with Gasteiger partial charge in [-0.1, -0.05) is 6.58 Å². The van der Waals surface area contributed by atoms with Gasteiger partial charge in [0.2, 0.25) is 6.10 Å². The Labute approximate surface area is 83.9 Å². The Morgan fingerprint density at radius 2 is 1.86 bits per heavy atom. The first-order valence-corrected chi connectivity index (χ1v) is 4.29. The first kappa shape index (κ1) is 12.7. The van der Waals surface area contributed by atoms with E-state index in [9.17, 15) is 9.59 Å². The van der Waals surface area contributed by atoms with Gasteiger partial charge in [-0.2, -0.15) is 0 Å². The summed E-state index contributed by atoms with van der Waals surface area (Å²) in [5.74, 6) is -1.15. The molecule has 1 atom stereocenters. The van der Waals surface area contributed by atoms with Crippen LogP contribution in [0, 0.1) is 0 Å². The summed E-state index contributed by atoms with van der Waals surface area (Å²) in [5.41, 5.74) is -0.599. The van der Waals surface area contributed by atoms with Crippen molar-refractivity contribution in [3.63, 3.8) is 0 Å². The summed E-state index contributed by atoms with van der Waals surface area (Å²) in [6, 6.07) is 0. The highest BCUT2D eigenvalue weighted by molar-refractivity contribution is 5.80. The molecule has 0 saturated heterocycles. The van der Waals surface area contributed by atoms with Crippen LogP contribution in [-0.4, -0.2) is 23.6 Å². The topological polar surface area (TPSA) is 52.6 Å². The van der Waals surface area contributed by atoms with E-state index in [1.807, 2.05) is 0 Å². The molecule has 0 aliphatic heterocycles. The smallest absolute Gasteiger partial charge is 0.352 e. The SMILES string of the molecule is C=CC(OC(C)=O)C(=O)OC(C)(C)C. The molecule has 4 heteroatoms. The minimum atomic E-state index is -1.02. The third-order valence-corrected chi connectivity index (χ3v) is 1.15. The fourth-order valence-electron chi connectivity index (χ4n) is 0.731. The van der Waals surface area contributed by atoms with Crippen LogP contribution in [0.15, 0.2) is 12.7 Å². The normalized spacial score (nSPS) is 12.9. The molecule has 0 radical (unpaired) electrons.